The Morgan fingerprint density at radius 2 is 1.48 bits per heavy atom. The Morgan fingerprint density at radius 1 is 0.848 bits per heavy atom. The number of nitrogens with one attached hydrogen (secondary N) is 1. The molecule has 16 heteroatoms. The molecular formula is C50H57NO15. The van der Waals surface area contributed by atoms with Gasteiger partial charge in [-0.3, -0.25) is 19.2 Å². The summed E-state index contributed by atoms with van der Waals surface area (Å²) in [7, 11) is 0. The molecule has 16 nitrogen and oxygen atoms in total. The SMILES string of the molecule is CC(=O)O[C@H]1C(=O)[C@@]2(C)[C@H]([C@H](OC(=O)c3cccc(OC(C)C)c3)[C@]3(O)C[C@H](OC(=O)[C@H](O)[C@@H](NC(=O)c4ccccc4)c4ccccc4)C(C)=C1C3(C)C)[C@]1(OC(C)=O)CO[C@@H]1C[C@@H]2O. The number of esters is 4. The summed E-state index contributed by atoms with van der Waals surface area (Å²) in [6.07, 6.45) is -11.0. The number of carbonyl (C=O) groups is 6. The maximum Gasteiger partial charge on any atom is 0.338 e. The van der Waals surface area contributed by atoms with E-state index < -0.39 is 113 Å². The van der Waals surface area contributed by atoms with Gasteiger partial charge in [0.15, 0.2) is 23.6 Å². The number of aliphatic hydroxyl groups is 3. The number of rotatable bonds is 12. The average molecular weight is 912 g/mol. The molecule has 1 amide bonds. The van der Waals surface area contributed by atoms with Crippen molar-refractivity contribution in [2.75, 3.05) is 6.61 Å². The van der Waals surface area contributed by atoms with Crippen LogP contribution in [0.25, 0.3) is 0 Å². The summed E-state index contributed by atoms with van der Waals surface area (Å²) >= 11 is 0. The number of hydrogen-bond donors (Lipinski definition) is 4. The Morgan fingerprint density at radius 3 is 2.08 bits per heavy atom. The summed E-state index contributed by atoms with van der Waals surface area (Å²) < 4.78 is 36.4. The lowest BCUT2D eigenvalue weighted by atomic mass is 9.44. The third-order valence-electron chi connectivity index (χ3n) is 13.9. The van der Waals surface area contributed by atoms with Gasteiger partial charge in [-0.25, -0.2) is 9.59 Å². The van der Waals surface area contributed by atoms with Crippen molar-refractivity contribution < 1.29 is 72.5 Å². The fraction of sp³-hybridized carbons (Fsp3) is 0.480. The first-order valence-corrected chi connectivity index (χ1v) is 22.0. The van der Waals surface area contributed by atoms with E-state index in [9.17, 15) is 39.3 Å². The van der Waals surface area contributed by atoms with Crippen LogP contribution >= 0.6 is 0 Å². The highest BCUT2D eigenvalue weighted by Gasteiger charge is 2.78. The van der Waals surface area contributed by atoms with Crippen molar-refractivity contribution in [3.05, 3.63) is 113 Å². The van der Waals surface area contributed by atoms with Gasteiger partial charge in [0, 0.05) is 37.7 Å². The van der Waals surface area contributed by atoms with Crippen molar-refractivity contribution in [2.24, 2.45) is 16.7 Å². The monoisotopic (exact) mass is 911 g/mol. The van der Waals surface area contributed by atoms with Crippen LogP contribution in [0.5, 0.6) is 5.75 Å². The highest BCUT2D eigenvalue weighted by molar-refractivity contribution is 5.96. The van der Waals surface area contributed by atoms with E-state index in [1.165, 1.54) is 26.0 Å². The number of ether oxygens (including phenoxy) is 6. The average Bonchev–Trinajstić information content (AvgIpc) is 3.26. The van der Waals surface area contributed by atoms with Crippen molar-refractivity contribution in [1.29, 1.82) is 0 Å². The van der Waals surface area contributed by atoms with Gasteiger partial charge in [0.05, 0.1) is 41.8 Å². The van der Waals surface area contributed by atoms with Gasteiger partial charge in [0.1, 0.15) is 29.7 Å². The van der Waals surface area contributed by atoms with Crippen molar-refractivity contribution >= 4 is 35.6 Å². The summed E-state index contributed by atoms with van der Waals surface area (Å²) in [5.41, 5.74) is -7.30. The van der Waals surface area contributed by atoms with Gasteiger partial charge in [0.2, 0.25) is 0 Å². The second kappa shape index (κ2) is 18.0. The molecule has 2 bridgehead atoms. The third kappa shape index (κ3) is 8.28. The second-order valence-corrected chi connectivity index (χ2v) is 18.7. The number of amides is 1. The minimum atomic E-state index is -2.44. The summed E-state index contributed by atoms with van der Waals surface area (Å²) in [5, 5.41) is 40.6. The summed E-state index contributed by atoms with van der Waals surface area (Å²) in [5.74, 6) is -6.67. The lowest BCUT2D eigenvalue weighted by Crippen LogP contribution is -2.82. The predicted octanol–water partition coefficient (Wildman–Crippen LogP) is 4.52. The standard InChI is InChI=1S/C50H57NO15/c1-26(2)62-33-21-15-20-32(22-33)45(58)65-43-41-48(8,35(54)23-36-49(41,25-61-36)66-29(5)53)42(56)40(63-28(4)52)37-27(3)34(24-50(43,60)47(37,6)7)64-46(59)39(55)38(30-16-11-9-12-17-30)51-44(57)31-18-13-10-14-19-31/h9-22,26,34-36,38-41,43,54-55,60H,23-25H2,1-8H3,(H,51,57)/t34-,35-,36+,38-,39+,40+,41-,43-,48+,49-,50+/m0/s1. The van der Waals surface area contributed by atoms with Crippen LogP contribution in [0.4, 0.5) is 0 Å². The smallest absolute Gasteiger partial charge is 0.338 e. The van der Waals surface area contributed by atoms with Gasteiger partial charge >= 0.3 is 23.9 Å². The molecule has 3 aromatic carbocycles. The summed E-state index contributed by atoms with van der Waals surface area (Å²) in [6.45, 7) is 11.5. The Bertz CT molecular complexity index is 2420. The molecule has 7 rings (SSSR count). The van der Waals surface area contributed by atoms with E-state index in [1.807, 2.05) is 0 Å². The van der Waals surface area contributed by atoms with E-state index in [1.54, 1.807) is 100 Å². The van der Waals surface area contributed by atoms with Crippen LogP contribution in [-0.2, 0) is 42.9 Å². The molecule has 0 radical (unpaired) electrons. The zero-order chi connectivity index (χ0) is 48.1. The Hall–Kier alpha value is -5.94. The fourth-order valence-electron chi connectivity index (χ4n) is 10.6. The predicted molar refractivity (Wildman–Crippen MR) is 233 cm³/mol. The number of carbonyl (C=O) groups excluding carboxylic acids is 6. The van der Waals surface area contributed by atoms with E-state index in [2.05, 4.69) is 5.32 Å². The maximum atomic E-state index is 15.6. The maximum absolute atomic E-state index is 15.6. The van der Waals surface area contributed by atoms with Gasteiger partial charge in [-0.15, -0.1) is 0 Å². The van der Waals surface area contributed by atoms with Gasteiger partial charge in [0.25, 0.3) is 5.91 Å². The van der Waals surface area contributed by atoms with Crippen LogP contribution in [-0.4, -0.2) is 111 Å². The topological polar surface area (TPSA) is 231 Å². The second-order valence-electron chi connectivity index (χ2n) is 18.7. The van der Waals surface area contributed by atoms with Crippen LogP contribution in [0.2, 0.25) is 0 Å². The molecule has 11 atom stereocenters. The Labute approximate surface area is 382 Å². The minimum absolute atomic E-state index is 0.0138. The van der Waals surface area contributed by atoms with Crippen LogP contribution < -0.4 is 10.1 Å². The van der Waals surface area contributed by atoms with E-state index in [0.717, 1.165) is 13.8 Å². The van der Waals surface area contributed by atoms with Crippen molar-refractivity contribution in [3.63, 3.8) is 0 Å². The molecule has 3 aromatic rings. The molecular weight excluding hydrogens is 855 g/mol. The minimum Gasteiger partial charge on any atom is -0.491 e. The van der Waals surface area contributed by atoms with E-state index >= 15 is 4.79 Å². The van der Waals surface area contributed by atoms with Crippen molar-refractivity contribution in [1.82, 2.24) is 5.32 Å². The molecule has 1 saturated heterocycles. The first kappa shape index (κ1) is 48.0. The number of benzene rings is 3. The number of hydrogen-bond acceptors (Lipinski definition) is 15. The van der Waals surface area contributed by atoms with Gasteiger partial charge in [-0.2, -0.15) is 0 Å². The highest BCUT2D eigenvalue weighted by atomic mass is 16.6. The fourth-order valence-corrected chi connectivity index (χ4v) is 10.6. The molecule has 4 N–H and O–H groups in total. The quantitative estimate of drug-likeness (QED) is 0.111. The van der Waals surface area contributed by atoms with Gasteiger partial charge in [-0.1, -0.05) is 68.4 Å². The van der Waals surface area contributed by atoms with Crippen molar-refractivity contribution in [2.45, 2.75) is 128 Å². The highest BCUT2D eigenvalue weighted by Crippen LogP contribution is 2.64. The lowest BCUT2D eigenvalue weighted by Gasteiger charge is -2.67. The van der Waals surface area contributed by atoms with Gasteiger partial charge < -0.3 is 49.1 Å². The third-order valence-corrected chi connectivity index (χ3v) is 13.9. The normalized spacial score (nSPS) is 30.7. The molecule has 352 valence electrons. The van der Waals surface area contributed by atoms with E-state index in [-0.39, 0.29) is 41.4 Å². The number of Topliss-reactive ketones (excluding diaryl/α,β-unsaturated/α-hetero) is 1. The van der Waals surface area contributed by atoms with E-state index in [4.69, 9.17) is 28.4 Å². The Balaban J connectivity index is 1.39. The molecule has 0 spiro atoms. The van der Waals surface area contributed by atoms with Crippen LogP contribution in [0.1, 0.15) is 101 Å². The molecule has 3 fully saturated rings. The molecule has 3 aliphatic carbocycles. The zero-order valence-corrected chi connectivity index (χ0v) is 38.1. The van der Waals surface area contributed by atoms with Gasteiger partial charge in [-0.05, 0) is 74.7 Å². The van der Waals surface area contributed by atoms with Crippen molar-refractivity contribution in [3.8, 4) is 5.75 Å². The number of aliphatic hydroxyl groups excluding tert-OH is 2. The zero-order valence-electron chi connectivity index (χ0n) is 38.1. The molecule has 0 aromatic heterocycles. The summed E-state index contributed by atoms with van der Waals surface area (Å²) in [6, 6.07) is 21.2. The number of fused-ring (bicyclic) bond motifs is 5. The first-order chi connectivity index (χ1) is 31.1. The largest absolute Gasteiger partial charge is 0.491 e. The first-order valence-electron chi connectivity index (χ1n) is 22.0. The lowest BCUT2D eigenvalue weighted by molar-refractivity contribution is -0.346. The van der Waals surface area contributed by atoms with E-state index in [0.29, 0.717) is 11.3 Å². The molecule has 1 heterocycles. The van der Waals surface area contributed by atoms with Crippen LogP contribution in [0.3, 0.4) is 0 Å². The Kier molecular flexibility index (Phi) is 13.1. The van der Waals surface area contributed by atoms with Crippen LogP contribution in [0, 0.1) is 16.7 Å². The molecule has 4 aliphatic rings. The summed E-state index contributed by atoms with van der Waals surface area (Å²) in [4.78, 5) is 84.3. The molecule has 0 unspecified atom stereocenters. The number of ketones is 1. The molecule has 66 heavy (non-hydrogen) atoms. The molecule has 1 aliphatic heterocycles. The van der Waals surface area contributed by atoms with Crippen LogP contribution in [0.15, 0.2) is 96.1 Å². The molecule has 2 saturated carbocycles.